The third-order valence-electron chi connectivity index (χ3n) is 5.91. The molecule has 0 unspecified atom stereocenters. The molecule has 160 valence electrons. The summed E-state index contributed by atoms with van der Waals surface area (Å²) < 4.78 is 16.9. The van der Waals surface area contributed by atoms with Crippen LogP contribution in [-0.2, 0) is 10.2 Å². The molecule has 0 saturated heterocycles. The van der Waals surface area contributed by atoms with Crippen molar-refractivity contribution in [1.82, 2.24) is 4.98 Å². The Morgan fingerprint density at radius 2 is 1.87 bits per heavy atom. The average molecular weight is 410 g/mol. The number of nitrogens with zero attached hydrogens (tertiary/aromatic N) is 1. The molecule has 0 spiro atoms. The van der Waals surface area contributed by atoms with E-state index in [4.69, 9.17) is 18.9 Å². The zero-order valence-corrected chi connectivity index (χ0v) is 18.6. The predicted octanol–water partition coefficient (Wildman–Crippen LogP) is 6.21. The molecule has 0 fully saturated rings. The summed E-state index contributed by atoms with van der Waals surface area (Å²) in [6, 6.07) is 11.6. The summed E-state index contributed by atoms with van der Waals surface area (Å²) in [6.45, 7) is 9.27. The molecule has 3 rings (SSSR count). The summed E-state index contributed by atoms with van der Waals surface area (Å²) in [5.74, 6) is 1.21. The van der Waals surface area contributed by atoms with E-state index in [-0.39, 0.29) is 11.4 Å². The van der Waals surface area contributed by atoms with E-state index in [0.29, 0.717) is 22.6 Å². The van der Waals surface area contributed by atoms with Crippen molar-refractivity contribution in [2.75, 3.05) is 13.7 Å². The number of oxazole rings is 1. The first-order valence-electron chi connectivity index (χ1n) is 10.7. The molecule has 0 N–H and O–H groups in total. The molecule has 2 aromatic carbocycles. The number of aromatic nitrogens is 1. The minimum atomic E-state index is -0.381. The Morgan fingerprint density at radius 1 is 1.10 bits per heavy atom. The number of unbranched alkanes of at least 4 members (excludes halogenated alkanes) is 1. The molecule has 0 aliphatic carbocycles. The standard InChI is InChI=1S/C25H31NO4/c1-6-9-14-29-21-13-11-19(15-17(21)4)25(7-2,8-3)24-26-20-16-18(23(27)28-5)10-12-22(20)30-24/h10-13,15-16H,6-9,14H2,1-5H3. The number of esters is 1. The highest BCUT2D eigenvalue weighted by atomic mass is 16.5. The number of rotatable bonds is 9. The van der Waals surface area contributed by atoms with E-state index >= 15 is 0 Å². The molecule has 1 heterocycles. The Hall–Kier alpha value is -2.82. The molecule has 0 radical (unpaired) electrons. The summed E-state index contributed by atoms with van der Waals surface area (Å²) in [6.07, 6.45) is 3.85. The lowest BCUT2D eigenvalue weighted by molar-refractivity contribution is 0.0601. The molecule has 5 heteroatoms. The number of benzene rings is 2. The summed E-state index contributed by atoms with van der Waals surface area (Å²) in [5, 5.41) is 0. The second-order valence-electron chi connectivity index (χ2n) is 7.66. The Kier molecular flexibility index (Phi) is 6.80. The fourth-order valence-electron chi connectivity index (χ4n) is 3.90. The summed E-state index contributed by atoms with van der Waals surface area (Å²) >= 11 is 0. The fraction of sp³-hybridized carbons (Fsp3) is 0.440. The van der Waals surface area contributed by atoms with E-state index in [1.165, 1.54) is 7.11 Å². The third-order valence-corrected chi connectivity index (χ3v) is 5.91. The first-order valence-corrected chi connectivity index (χ1v) is 10.7. The monoisotopic (exact) mass is 409 g/mol. The van der Waals surface area contributed by atoms with E-state index < -0.39 is 0 Å². The van der Waals surface area contributed by atoms with E-state index in [1.54, 1.807) is 18.2 Å². The van der Waals surface area contributed by atoms with Crippen molar-refractivity contribution >= 4 is 17.1 Å². The lowest BCUT2D eigenvalue weighted by Crippen LogP contribution is -2.26. The Balaban J connectivity index is 2.01. The van der Waals surface area contributed by atoms with Crippen LogP contribution in [0, 0.1) is 6.92 Å². The molecule has 0 atom stereocenters. The zero-order valence-electron chi connectivity index (χ0n) is 18.6. The van der Waals surface area contributed by atoms with Crippen LogP contribution in [0.4, 0.5) is 0 Å². The topological polar surface area (TPSA) is 61.6 Å². The van der Waals surface area contributed by atoms with Gasteiger partial charge in [0, 0.05) is 0 Å². The highest BCUT2D eigenvalue weighted by Crippen LogP contribution is 2.41. The van der Waals surface area contributed by atoms with Crippen LogP contribution in [0.1, 0.15) is 73.8 Å². The fourth-order valence-corrected chi connectivity index (χ4v) is 3.90. The molecule has 5 nitrogen and oxygen atoms in total. The van der Waals surface area contributed by atoms with Crippen LogP contribution in [0.2, 0.25) is 0 Å². The van der Waals surface area contributed by atoms with Gasteiger partial charge in [0.15, 0.2) is 5.58 Å². The van der Waals surface area contributed by atoms with Crippen molar-refractivity contribution < 1.29 is 18.7 Å². The second-order valence-corrected chi connectivity index (χ2v) is 7.66. The molecule has 1 aromatic heterocycles. The Labute approximate surface area is 178 Å². The predicted molar refractivity (Wildman–Crippen MR) is 118 cm³/mol. The van der Waals surface area contributed by atoms with Crippen LogP contribution in [0.25, 0.3) is 11.1 Å². The van der Waals surface area contributed by atoms with Crippen molar-refractivity contribution in [2.45, 2.75) is 58.8 Å². The summed E-state index contributed by atoms with van der Waals surface area (Å²) in [4.78, 5) is 16.7. The molecule has 0 aliphatic rings. The number of aryl methyl sites for hydroxylation is 1. The van der Waals surface area contributed by atoms with Crippen LogP contribution in [-0.4, -0.2) is 24.7 Å². The smallest absolute Gasteiger partial charge is 0.337 e. The van der Waals surface area contributed by atoms with Crippen molar-refractivity contribution in [3.05, 3.63) is 59.0 Å². The van der Waals surface area contributed by atoms with Crippen LogP contribution in [0.15, 0.2) is 40.8 Å². The highest BCUT2D eigenvalue weighted by Gasteiger charge is 2.36. The SMILES string of the molecule is CCCCOc1ccc(C(CC)(CC)c2nc3cc(C(=O)OC)ccc3o2)cc1C. The maximum Gasteiger partial charge on any atom is 0.337 e. The minimum Gasteiger partial charge on any atom is -0.493 e. The highest BCUT2D eigenvalue weighted by molar-refractivity contribution is 5.93. The van der Waals surface area contributed by atoms with Gasteiger partial charge in [0.05, 0.1) is 24.7 Å². The van der Waals surface area contributed by atoms with E-state index in [1.807, 2.05) is 0 Å². The molecular formula is C25H31NO4. The summed E-state index contributed by atoms with van der Waals surface area (Å²) in [7, 11) is 1.37. The van der Waals surface area contributed by atoms with Gasteiger partial charge < -0.3 is 13.9 Å². The van der Waals surface area contributed by atoms with Gasteiger partial charge in [0.2, 0.25) is 5.89 Å². The largest absolute Gasteiger partial charge is 0.493 e. The number of methoxy groups -OCH3 is 1. The number of fused-ring (bicyclic) bond motifs is 1. The molecule has 30 heavy (non-hydrogen) atoms. The minimum absolute atomic E-state index is 0.350. The first kappa shape index (κ1) is 21.9. The van der Waals surface area contributed by atoms with Crippen molar-refractivity contribution in [3.63, 3.8) is 0 Å². The maximum atomic E-state index is 11.9. The van der Waals surface area contributed by atoms with Crippen LogP contribution >= 0.6 is 0 Å². The number of ether oxygens (including phenoxy) is 2. The maximum absolute atomic E-state index is 11.9. The molecule has 0 bridgehead atoms. The lowest BCUT2D eigenvalue weighted by atomic mass is 9.75. The van der Waals surface area contributed by atoms with Gasteiger partial charge in [0.1, 0.15) is 11.3 Å². The van der Waals surface area contributed by atoms with Crippen LogP contribution in [0.5, 0.6) is 5.75 Å². The first-order chi connectivity index (χ1) is 14.5. The van der Waals surface area contributed by atoms with Crippen LogP contribution in [0.3, 0.4) is 0 Å². The number of carbonyl (C=O) groups is 1. The Morgan fingerprint density at radius 3 is 2.50 bits per heavy atom. The van der Waals surface area contributed by atoms with Gasteiger partial charge >= 0.3 is 5.97 Å². The molecular weight excluding hydrogens is 378 g/mol. The number of carbonyl (C=O) groups excluding carboxylic acids is 1. The average Bonchev–Trinajstić information content (AvgIpc) is 3.19. The normalized spacial score (nSPS) is 11.6. The van der Waals surface area contributed by atoms with E-state index in [9.17, 15) is 4.79 Å². The van der Waals surface area contributed by atoms with Gasteiger partial charge in [-0.3, -0.25) is 0 Å². The van der Waals surface area contributed by atoms with E-state index in [0.717, 1.165) is 49.2 Å². The van der Waals surface area contributed by atoms with Crippen LogP contribution < -0.4 is 4.74 Å². The van der Waals surface area contributed by atoms with Gasteiger partial charge in [-0.1, -0.05) is 39.3 Å². The molecule has 0 amide bonds. The van der Waals surface area contributed by atoms with Gasteiger partial charge in [-0.05, 0) is 61.6 Å². The van der Waals surface area contributed by atoms with Crippen molar-refractivity contribution in [3.8, 4) is 5.75 Å². The second kappa shape index (κ2) is 9.33. The van der Waals surface area contributed by atoms with Gasteiger partial charge in [0.25, 0.3) is 0 Å². The number of hydrogen-bond donors (Lipinski definition) is 0. The molecule has 0 aliphatic heterocycles. The molecule has 3 aromatic rings. The Bertz CT molecular complexity index is 1020. The third kappa shape index (κ3) is 4.07. The van der Waals surface area contributed by atoms with E-state index in [2.05, 4.69) is 45.9 Å². The summed E-state index contributed by atoms with van der Waals surface area (Å²) in [5.41, 5.74) is 3.71. The van der Waals surface area contributed by atoms with Crippen molar-refractivity contribution in [2.24, 2.45) is 0 Å². The molecule has 0 saturated carbocycles. The lowest BCUT2D eigenvalue weighted by Gasteiger charge is -2.29. The van der Waals surface area contributed by atoms with Crippen molar-refractivity contribution in [1.29, 1.82) is 0 Å². The van der Waals surface area contributed by atoms with Gasteiger partial charge in [-0.2, -0.15) is 0 Å². The quantitative estimate of drug-likeness (QED) is 0.311. The van der Waals surface area contributed by atoms with Gasteiger partial charge in [-0.25, -0.2) is 9.78 Å². The number of hydrogen-bond acceptors (Lipinski definition) is 5. The van der Waals surface area contributed by atoms with Gasteiger partial charge in [-0.15, -0.1) is 0 Å². The zero-order chi connectivity index (χ0) is 21.7.